The first kappa shape index (κ1) is 18.7. The maximum absolute atomic E-state index is 13.2. The predicted molar refractivity (Wildman–Crippen MR) is 90.5 cm³/mol. The van der Waals surface area contributed by atoms with Gasteiger partial charge in [-0.1, -0.05) is 12.1 Å². The highest BCUT2D eigenvalue weighted by molar-refractivity contribution is 5.74. The number of rotatable bonds is 6. The Kier molecular flexibility index (Phi) is 6.57. The molecule has 0 aliphatic carbocycles. The molecule has 1 aliphatic heterocycles. The van der Waals surface area contributed by atoms with Crippen LogP contribution >= 0.6 is 0 Å². The zero-order chi connectivity index (χ0) is 17.6. The molecule has 2 N–H and O–H groups in total. The molecule has 1 aromatic rings. The summed E-state index contributed by atoms with van der Waals surface area (Å²) >= 11 is 0. The van der Waals surface area contributed by atoms with Gasteiger partial charge in [-0.2, -0.15) is 0 Å². The number of carbonyl (C=O) groups is 1. The van der Waals surface area contributed by atoms with Crippen molar-refractivity contribution in [3.05, 3.63) is 35.6 Å². The van der Waals surface area contributed by atoms with E-state index >= 15 is 0 Å². The summed E-state index contributed by atoms with van der Waals surface area (Å²) in [7, 11) is 1.71. The van der Waals surface area contributed by atoms with Crippen LogP contribution in [0.2, 0.25) is 0 Å². The van der Waals surface area contributed by atoms with Crippen LogP contribution in [0.5, 0.6) is 0 Å². The number of amides is 2. The van der Waals surface area contributed by atoms with E-state index in [-0.39, 0.29) is 17.3 Å². The van der Waals surface area contributed by atoms with Crippen LogP contribution in [0.25, 0.3) is 0 Å². The van der Waals surface area contributed by atoms with E-state index in [9.17, 15) is 14.3 Å². The van der Waals surface area contributed by atoms with Crippen molar-refractivity contribution >= 4 is 6.03 Å². The number of urea groups is 1. The predicted octanol–water partition coefficient (Wildman–Crippen LogP) is 2.29. The van der Waals surface area contributed by atoms with Crippen LogP contribution in [0.15, 0.2) is 24.3 Å². The number of nitrogens with zero attached hydrogens (tertiary/aromatic N) is 1. The zero-order valence-electron chi connectivity index (χ0n) is 14.4. The molecule has 0 bridgehead atoms. The smallest absolute Gasteiger partial charge is 0.317 e. The molecule has 2 rings (SSSR count). The molecule has 6 heteroatoms. The second kappa shape index (κ2) is 8.44. The minimum absolute atomic E-state index is 0.163. The first-order chi connectivity index (χ1) is 11.4. The maximum atomic E-state index is 13.2. The Morgan fingerprint density at radius 1 is 1.38 bits per heavy atom. The molecule has 1 unspecified atom stereocenters. The van der Waals surface area contributed by atoms with Crippen molar-refractivity contribution in [3.8, 4) is 0 Å². The molecular weight excluding hydrogens is 311 g/mol. The van der Waals surface area contributed by atoms with Gasteiger partial charge in [-0.15, -0.1) is 0 Å². The third-order valence-electron chi connectivity index (χ3n) is 4.71. The van der Waals surface area contributed by atoms with Gasteiger partial charge < -0.3 is 20.1 Å². The van der Waals surface area contributed by atoms with E-state index in [0.717, 1.165) is 18.4 Å². The first-order valence-corrected chi connectivity index (χ1v) is 8.44. The summed E-state index contributed by atoms with van der Waals surface area (Å²) in [5.41, 5.74) is 0.798. The van der Waals surface area contributed by atoms with Gasteiger partial charge in [-0.25, -0.2) is 9.18 Å². The van der Waals surface area contributed by atoms with Crippen molar-refractivity contribution in [2.24, 2.45) is 0 Å². The molecule has 24 heavy (non-hydrogen) atoms. The molecule has 1 aliphatic rings. The Bertz CT molecular complexity index is 528. The van der Waals surface area contributed by atoms with Crippen LogP contribution in [-0.2, 0) is 10.2 Å². The second-order valence-electron chi connectivity index (χ2n) is 6.62. The van der Waals surface area contributed by atoms with Crippen molar-refractivity contribution < 1.29 is 19.0 Å². The summed E-state index contributed by atoms with van der Waals surface area (Å²) in [6.45, 7) is 3.95. The molecule has 0 saturated carbocycles. The lowest BCUT2D eigenvalue weighted by atomic mass is 9.74. The van der Waals surface area contributed by atoms with Crippen molar-refractivity contribution in [1.29, 1.82) is 0 Å². The van der Waals surface area contributed by atoms with Crippen molar-refractivity contribution in [3.63, 3.8) is 0 Å². The quantitative estimate of drug-likeness (QED) is 0.836. The largest absolute Gasteiger partial charge is 0.393 e. The summed E-state index contributed by atoms with van der Waals surface area (Å²) in [6, 6.07) is 6.35. The van der Waals surface area contributed by atoms with Crippen LogP contribution in [0.3, 0.4) is 0 Å². The average Bonchev–Trinajstić information content (AvgIpc) is 2.59. The van der Waals surface area contributed by atoms with E-state index < -0.39 is 6.10 Å². The molecule has 134 valence electrons. The van der Waals surface area contributed by atoms with Gasteiger partial charge >= 0.3 is 6.03 Å². The third-order valence-corrected chi connectivity index (χ3v) is 4.71. The van der Waals surface area contributed by atoms with Gasteiger partial charge in [-0.3, -0.25) is 0 Å². The van der Waals surface area contributed by atoms with E-state index in [2.05, 4.69) is 5.32 Å². The number of aliphatic hydroxyl groups excluding tert-OH is 1. The standard InChI is InChI=1S/C18H27FN2O3/c1-14(22)7-10-21(2)17(23)20-13-18(8-11-24-12-9-18)15-3-5-16(19)6-4-15/h3-6,14,22H,7-13H2,1-2H3,(H,20,23). The number of hydrogen-bond acceptors (Lipinski definition) is 3. The lowest BCUT2D eigenvalue weighted by Crippen LogP contribution is -2.48. The fourth-order valence-corrected chi connectivity index (χ4v) is 2.99. The summed E-state index contributed by atoms with van der Waals surface area (Å²) < 4.78 is 18.7. The number of ether oxygens (including phenoxy) is 1. The molecule has 5 nitrogen and oxygen atoms in total. The highest BCUT2D eigenvalue weighted by Crippen LogP contribution is 2.34. The molecule has 0 aromatic heterocycles. The van der Waals surface area contributed by atoms with Crippen LogP contribution < -0.4 is 5.32 Å². The number of nitrogens with one attached hydrogen (secondary N) is 1. The second-order valence-corrected chi connectivity index (χ2v) is 6.62. The fraction of sp³-hybridized carbons (Fsp3) is 0.611. The monoisotopic (exact) mass is 338 g/mol. The summed E-state index contributed by atoms with van der Waals surface area (Å²) in [4.78, 5) is 13.8. The van der Waals surface area contributed by atoms with Crippen LogP contribution in [0, 0.1) is 5.82 Å². The average molecular weight is 338 g/mol. The first-order valence-electron chi connectivity index (χ1n) is 8.44. The molecule has 1 saturated heterocycles. The molecule has 0 radical (unpaired) electrons. The van der Waals surface area contributed by atoms with E-state index in [1.54, 1.807) is 31.0 Å². The molecular formula is C18H27FN2O3. The third kappa shape index (κ3) is 4.92. The Morgan fingerprint density at radius 3 is 2.58 bits per heavy atom. The lowest BCUT2D eigenvalue weighted by Gasteiger charge is -2.38. The summed E-state index contributed by atoms with van der Waals surface area (Å²) in [6.07, 6.45) is 1.69. The van der Waals surface area contributed by atoms with E-state index in [4.69, 9.17) is 4.74 Å². The van der Waals surface area contributed by atoms with Crippen LogP contribution in [0.4, 0.5) is 9.18 Å². The Balaban J connectivity index is 2.01. The van der Waals surface area contributed by atoms with Gasteiger partial charge in [0.25, 0.3) is 0 Å². The Labute approximate surface area is 142 Å². The van der Waals surface area contributed by atoms with Crippen LogP contribution in [-0.4, -0.2) is 55.5 Å². The summed E-state index contributed by atoms with van der Waals surface area (Å²) in [5.74, 6) is -0.261. The van der Waals surface area contributed by atoms with Gasteiger partial charge in [0.2, 0.25) is 0 Å². The Morgan fingerprint density at radius 2 is 2.00 bits per heavy atom. The number of aliphatic hydroxyl groups is 1. The Hall–Kier alpha value is -1.66. The molecule has 1 fully saturated rings. The minimum atomic E-state index is -0.429. The van der Waals surface area contributed by atoms with Crippen molar-refractivity contribution in [1.82, 2.24) is 10.2 Å². The van der Waals surface area contributed by atoms with Crippen molar-refractivity contribution in [2.75, 3.05) is 33.4 Å². The summed E-state index contributed by atoms with van der Waals surface area (Å²) in [5, 5.41) is 12.3. The SMILES string of the molecule is CC(O)CCN(C)C(=O)NCC1(c2ccc(F)cc2)CCOCC1. The number of hydrogen-bond donors (Lipinski definition) is 2. The molecule has 1 aromatic carbocycles. The van der Waals surface area contributed by atoms with Gasteiger partial charge in [0.1, 0.15) is 5.82 Å². The fourth-order valence-electron chi connectivity index (χ4n) is 2.99. The zero-order valence-corrected chi connectivity index (χ0v) is 14.4. The minimum Gasteiger partial charge on any atom is -0.393 e. The van der Waals surface area contributed by atoms with Gasteiger partial charge in [0, 0.05) is 38.8 Å². The molecule has 1 heterocycles. The van der Waals surface area contributed by atoms with E-state index in [1.807, 2.05) is 0 Å². The van der Waals surface area contributed by atoms with E-state index in [0.29, 0.717) is 32.7 Å². The highest BCUT2D eigenvalue weighted by atomic mass is 19.1. The highest BCUT2D eigenvalue weighted by Gasteiger charge is 2.35. The van der Waals surface area contributed by atoms with Gasteiger partial charge in [-0.05, 0) is 43.9 Å². The topological polar surface area (TPSA) is 61.8 Å². The molecule has 2 amide bonds. The normalized spacial score (nSPS) is 18.0. The molecule has 0 spiro atoms. The number of carbonyl (C=O) groups excluding carboxylic acids is 1. The lowest BCUT2D eigenvalue weighted by molar-refractivity contribution is 0.0501. The van der Waals surface area contributed by atoms with Gasteiger partial charge in [0.15, 0.2) is 0 Å². The molecule has 1 atom stereocenters. The van der Waals surface area contributed by atoms with Crippen molar-refractivity contribution in [2.45, 2.75) is 37.7 Å². The number of halogens is 1. The van der Waals surface area contributed by atoms with E-state index in [1.165, 1.54) is 12.1 Å². The maximum Gasteiger partial charge on any atom is 0.317 e. The number of benzene rings is 1. The van der Waals surface area contributed by atoms with Crippen LogP contribution in [0.1, 0.15) is 31.7 Å². The van der Waals surface area contributed by atoms with Gasteiger partial charge in [0.05, 0.1) is 6.10 Å².